The van der Waals surface area contributed by atoms with Gasteiger partial charge in [-0.1, -0.05) is 13.8 Å². The molecule has 84 valence electrons. The van der Waals surface area contributed by atoms with Gasteiger partial charge in [0, 0.05) is 6.54 Å². The van der Waals surface area contributed by atoms with Crippen LogP contribution in [0.15, 0.2) is 11.2 Å². The number of hydrogen-bond acceptors (Lipinski definition) is 4. The zero-order valence-corrected chi connectivity index (χ0v) is 9.90. The van der Waals surface area contributed by atoms with Crippen LogP contribution < -0.4 is 5.32 Å². The number of thioether (sulfide) groups is 1. The van der Waals surface area contributed by atoms with E-state index in [-0.39, 0.29) is 5.82 Å². The van der Waals surface area contributed by atoms with E-state index in [4.69, 9.17) is 0 Å². The minimum atomic E-state index is -0.338. The standard InChI is InChI=1S/C10H16FN3S/c1-3-5-12-10-13-7-8(11)9(14-10)15-6-4-2/h7H,3-6H2,1-2H3,(H,12,13,14). The highest BCUT2D eigenvalue weighted by atomic mass is 32.2. The molecule has 0 aliphatic heterocycles. The predicted molar refractivity (Wildman–Crippen MR) is 61.8 cm³/mol. The Morgan fingerprint density at radius 3 is 2.87 bits per heavy atom. The molecule has 0 radical (unpaired) electrons. The molecule has 5 heteroatoms. The number of halogens is 1. The molecule has 1 aromatic heterocycles. The third kappa shape index (κ3) is 4.03. The zero-order chi connectivity index (χ0) is 11.1. The maximum atomic E-state index is 13.2. The summed E-state index contributed by atoms with van der Waals surface area (Å²) in [6.45, 7) is 4.93. The summed E-state index contributed by atoms with van der Waals surface area (Å²) < 4.78 is 13.2. The average molecular weight is 229 g/mol. The van der Waals surface area contributed by atoms with E-state index in [9.17, 15) is 4.39 Å². The molecular formula is C10H16FN3S. The lowest BCUT2D eigenvalue weighted by molar-refractivity contribution is 0.579. The lowest BCUT2D eigenvalue weighted by atomic mass is 10.5. The maximum Gasteiger partial charge on any atom is 0.223 e. The summed E-state index contributed by atoms with van der Waals surface area (Å²) in [7, 11) is 0. The van der Waals surface area contributed by atoms with Gasteiger partial charge in [0.05, 0.1) is 6.20 Å². The normalized spacial score (nSPS) is 10.3. The molecule has 0 spiro atoms. The van der Waals surface area contributed by atoms with E-state index in [1.54, 1.807) is 0 Å². The molecule has 0 aliphatic carbocycles. The van der Waals surface area contributed by atoms with Crippen molar-refractivity contribution in [2.75, 3.05) is 17.6 Å². The highest BCUT2D eigenvalue weighted by Crippen LogP contribution is 2.20. The van der Waals surface area contributed by atoms with Gasteiger partial charge in [-0.3, -0.25) is 0 Å². The summed E-state index contributed by atoms with van der Waals surface area (Å²) in [5.41, 5.74) is 0. The number of rotatable bonds is 6. The van der Waals surface area contributed by atoms with E-state index >= 15 is 0 Å². The van der Waals surface area contributed by atoms with Crippen LogP contribution in [0.25, 0.3) is 0 Å². The first kappa shape index (κ1) is 12.2. The van der Waals surface area contributed by atoms with Crippen molar-refractivity contribution < 1.29 is 4.39 Å². The second-order valence-corrected chi connectivity index (χ2v) is 4.21. The van der Waals surface area contributed by atoms with Crippen molar-refractivity contribution in [3.05, 3.63) is 12.0 Å². The van der Waals surface area contributed by atoms with Crippen molar-refractivity contribution in [3.8, 4) is 0 Å². The first-order valence-corrected chi connectivity index (χ1v) is 6.15. The molecule has 1 rings (SSSR count). The van der Waals surface area contributed by atoms with E-state index in [1.807, 2.05) is 0 Å². The molecule has 1 heterocycles. The first-order valence-electron chi connectivity index (χ1n) is 5.17. The summed E-state index contributed by atoms with van der Waals surface area (Å²) >= 11 is 1.43. The van der Waals surface area contributed by atoms with E-state index in [0.717, 1.165) is 25.1 Å². The molecule has 0 atom stereocenters. The Hall–Kier alpha value is -0.840. The Kier molecular flexibility index (Phi) is 5.39. The van der Waals surface area contributed by atoms with Gasteiger partial charge < -0.3 is 5.32 Å². The van der Waals surface area contributed by atoms with Crippen LogP contribution in [0.4, 0.5) is 10.3 Å². The molecule has 0 saturated heterocycles. The number of aromatic nitrogens is 2. The molecule has 0 saturated carbocycles. The van der Waals surface area contributed by atoms with E-state index < -0.39 is 0 Å². The molecule has 15 heavy (non-hydrogen) atoms. The van der Waals surface area contributed by atoms with Crippen LogP contribution in [0.1, 0.15) is 26.7 Å². The highest BCUT2D eigenvalue weighted by Gasteiger charge is 2.06. The van der Waals surface area contributed by atoms with Gasteiger partial charge >= 0.3 is 0 Å². The van der Waals surface area contributed by atoms with Gasteiger partial charge in [-0.15, -0.1) is 11.8 Å². The van der Waals surface area contributed by atoms with Gasteiger partial charge in [0.1, 0.15) is 5.03 Å². The fourth-order valence-electron chi connectivity index (χ4n) is 0.973. The zero-order valence-electron chi connectivity index (χ0n) is 9.09. The predicted octanol–water partition coefficient (Wildman–Crippen LogP) is 2.94. The quantitative estimate of drug-likeness (QED) is 0.601. The minimum absolute atomic E-state index is 0.338. The van der Waals surface area contributed by atoms with Gasteiger partial charge in [0.25, 0.3) is 0 Å². The fourth-order valence-corrected chi connectivity index (χ4v) is 1.71. The van der Waals surface area contributed by atoms with Gasteiger partial charge in [-0.05, 0) is 18.6 Å². The third-order valence-electron chi connectivity index (χ3n) is 1.69. The Labute approximate surface area is 93.9 Å². The summed E-state index contributed by atoms with van der Waals surface area (Å²) in [4.78, 5) is 7.99. The summed E-state index contributed by atoms with van der Waals surface area (Å²) in [5.74, 6) is 1.05. The Morgan fingerprint density at radius 1 is 1.40 bits per heavy atom. The van der Waals surface area contributed by atoms with Crippen molar-refractivity contribution in [3.63, 3.8) is 0 Å². The van der Waals surface area contributed by atoms with Crippen molar-refractivity contribution in [1.82, 2.24) is 9.97 Å². The minimum Gasteiger partial charge on any atom is -0.354 e. The van der Waals surface area contributed by atoms with Crippen LogP contribution >= 0.6 is 11.8 Å². The van der Waals surface area contributed by atoms with Gasteiger partial charge in [0.15, 0.2) is 5.82 Å². The summed E-state index contributed by atoms with van der Waals surface area (Å²) in [6, 6.07) is 0. The molecule has 1 N–H and O–H groups in total. The van der Waals surface area contributed by atoms with Crippen LogP contribution in [-0.4, -0.2) is 22.3 Å². The van der Waals surface area contributed by atoms with Crippen molar-refractivity contribution in [2.45, 2.75) is 31.7 Å². The van der Waals surface area contributed by atoms with Crippen molar-refractivity contribution >= 4 is 17.7 Å². The molecule has 0 unspecified atom stereocenters. The monoisotopic (exact) mass is 229 g/mol. The Bertz CT molecular complexity index is 307. The van der Waals surface area contributed by atoms with Crippen LogP contribution in [0.3, 0.4) is 0 Å². The second kappa shape index (κ2) is 6.61. The number of anilines is 1. The van der Waals surface area contributed by atoms with Gasteiger partial charge in [-0.25, -0.2) is 14.4 Å². The van der Waals surface area contributed by atoms with Crippen LogP contribution in [-0.2, 0) is 0 Å². The lowest BCUT2D eigenvalue weighted by Crippen LogP contribution is -2.05. The molecule has 0 aromatic carbocycles. The molecule has 0 aliphatic rings. The summed E-state index contributed by atoms with van der Waals surface area (Å²) in [5, 5.41) is 3.47. The van der Waals surface area contributed by atoms with E-state index in [1.165, 1.54) is 18.0 Å². The van der Waals surface area contributed by atoms with Crippen molar-refractivity contribution in [1.29, 1.82) is 0 Å². The van der Waals surface area contributed by atoms with Crippen LogP contribution in [0.2, 0.25) is 0 Å². The SMILES string of the molecule is CCCNc1ncc(F)c(SCCC)n1. The molecule has 0 bridgehead atoms. The number of hydrogen-bond donors (Lipinski definition) is 1. The van der Waals surface area contributed by atoms with E-state index in [2.05, 4.69) is 29.1 Å². The van der Waals surface area contributed by atoms with E-state index in [0.29, 0.717) is 11.0 Å². The molecular weight excluding hydrogens is 213 g/mol. The van der Waals surface area contributed by atoms with Crippen LogP contribution in [0, 0.1) is 5.82 Å². The molecule has 0 fully saturated rings. The van der Waals surface area contributed by atoms with Gasteiger partial charge in [-0.2, -0.15) is 0 Å². The number of nitrogens with zero attached hydrogens (tertiary/aromatic N) is 2. The molecule has 3 nitrogen and oxygen atoms in total. The Balaban J connectivity index is 2.66. The topological polar surface area (TPSA) is 37.8 Å². The highest BCUT2D eigenvalue weighted by molar-refractivity contribution is 7.99. The first-order chi connectivity index (χ1) is 7.27. The van der Waals surface area contributed by atoms with Crippen LogP contribution in [0.5, 0.6) is 0 Å². The largest absolute Gasteiger partial charge is 0.354 e. The lowest BCUT2D eigenvalue weighted by Gasteiger charge is -2.05. The Morgan fingerprint density at radius 2 is 2.20 bits per heavy atom. The third-order valence-corrected chi connectivity index (χ3v) is 2.86. The fraction of sp³-hybridized carbons (Fsp3) is 0.600. The average Bonchev–Trinajstić information content (AvgIpc) is 2.26. The van der Waals surface area contributed by atoms with Gasteiger partial charge in [0.2, 0.25) is 5.95 Å². The maximum absolute atomic E-state index is 13.2. The second-order valence-electron chi connectivity index (χ2n) is 3.12. The molecule has 1 aromatic rings. The number of nitrogens with one attached hydrogen (secondary N) is 1. The summed E-state index contributed by atoms with van der Waals surface area (Å²) in [6.07, 6.45) is 3.23. The molecule has 0 amide bonds. The van der Waals surface area contributed by atoms with Crippen molar-refractivity contribution in [2.24, 2.45) is 0 Å². The smallest absolute Gasteiger partial charge is 0.223 e.